The lowest BCUT2D eigenvalue weighted by molar-refractivity contribution is 0.0589. The van der Waals surface area contributed by atoms with E-state index in [1.54, 1.807) is 21.3 Å². The maximum atomic E-state index is 13.7. The quantitative estimate of drug-likeness (QED) is 0.404. The van der Waals surface area contributed by atoms with Crippen molar-refractivity contribution in [3.8, 4) is 28.7 Å². The predicted molar refractivity (Wildman–Crippen MR) is 138 cm³/mol. The van der Waals surface area contributed by atoms with Crippen LogP contribution in [0, 0.1) is 0 Å². The molecule has 0 saturated carbocycles. The molecule has 36 heavy (non-hydrogen) atoms. The highest BCUT2D eigenvalue weighted by atomic mass is 16.5. The number of amides is 1. The predicted octanol–water partition coefficient (Wildman–Crippen LogP) is 5.32. The zero-order valence-corrected chi connectivity index (χ0v) is 21.4. The van der Waals surface area contributed by atoms with Crippen molar-refractivity contribution in [2.24, 2.45) is 0 Å². The third-order valence-electron chi connectivity index (χ3n) is 6.20. The van der Waals surface area contributed by atoms with Crippen molar-refractivity contribution in [1.29, 1.82) is 0 Å². The van der Waals surface area contributed by atoms with E-state index in [4.69, 9.17) is 23.7 Å². The van der Waals surface area contributed by atoms with Gasteiger partial charge >= 0.3 is 0 Å². The van der Waals surface area contributed by atoms with E-state index < -0.39 is 0 Å². The minimum absolute atomic E-state index is 0.0603. The van der Waals surface area contributed by atoms with Gasteiger partial charge in [-0.15, -0.1) is 0 Å². The van der Waals surface area contributed by atoms with E-state index >= 15 is 0 Å². The van der Waals surface area contributed by atoms with Crippen LogP contribution >= 0.6 is 0 Å². The van der Waals surface area contributed by atoms with Crippen molar-refractivity contribution in [2.45, 2.75) is 32.4 Å². The molecule has 0 unspecified atom stereocenters. The van der Waals surface area contributed by atoms with E-state index in [1.807, 2.05) is 79.4 Å². The van der Waals surface area contributed by atoms with Crippen LogP contribution in [0.1, 0.15) is 41.4 Å². The fourth-order valence-corrected chi connectivity index (χ4v) is 4.41. The van der Waals surface area contributed by atoms with Crippen molar-refractivity contribution in [3.05, 3.63) is 77.4 Å². The summed E-state index contributed by atoms with van der Waals surface area (Å²) in [5.74, 6) is 3.42. The number of carbonyl (C=O) groups excluding carboxylic acids is 1. The summed E-state index contributed by atoms with van der Waals surface area (Å²) in [5.41, 5.74) is 2.70. The Kier molecular flexibility index (Phi) is 7.88. The van der Waals surface area contributed by atoms with Gasteiger partial charge in [-0.05, 0) is 92.1 Å². The Bertz CT molecular complexity index is 1170. The average Bonchev–Trinajstić information content (AvgIpc) is 2.90. The third kappa shape index (κ3) is 5.51. The molecule has 3 aromatic rings. The van der Waals surface area contributed by atoms with Gasteiger partial charge in [-0.25, -0.2) is 0 Å². The normalized spacial score (nSPS) is 14.7. The van der Waals surface area contributed by atoms with Crippen molar-refractivity contribution >= 4 is 5.91 Å². The fraction of sp³-hybridized carbons (Fsp3) is 0.345. The number of rotatable bonds is 9. The number of carbonyl (C=O) groups is 1. The highest BCUT2D eigenvalue weighted by Gasteiger charge is 2.33. The van der Waals surface area contributed by atoms with Crippen molar-refractivity contribution in [1.82, 2.24) is 4.90 Å². The Morgan fingerprint density at radius 3 is 2.08 bits per heavy atom. The summed E-state index contributed by atoms with van der Waals surface area (Å²) >= 11 is 0. The number of nitrogens with zero attached hydrogens (tertiary/aromatic N) is 1. The number of fused-ring (bicyclic) bond motifs is 1. The molecule has 1 atom stereocenters. The largest absolute Gasteiger partial charge is 0.497 e. The first-order chi connectivity index (χ1) is 17.4. The van der Waals surface area contributed by atoms with Crippen LogP contribution < -0.4 is 23.7 Å². The zero-order valence-electron chi connectivity index (χ0n) is 21.4. The van der Waals surface area contributed by atoms with Gasteiger partial charge in [0.2, 0.25) is 0 Å². The SMILES string of the molecule is COc1ccc(OC[C@@H]2c3cc(OC)c(OC)cc3CCN2C(=O)c2ccc(OC(C)C)cc2)cc1. The lowest BCUT2D eigenvalue weighted by atomic mass is 9.91. The molecule has 190 valence electrons. The summed E-state index contributed by atoms with van der Waals surface area (Å²) in [5, 5.41) is 0. The molecule has 1 heterocycles. The number of ether oxygens (including phenoxy) is 5. The zero-order chi connectivity index (χ0) is 25.7. The van der Waals surface area contributed by atoms with Crippen LogP contribution in [0.25, 0.3) is 0 Å². The second-order valence-electron chi connectivity index (χ2n) is 8.85. The van der Waals surface area contributed by atoms with Crippen LogP contribution in [0.2, 0.25) is 0 Å². The lowest BCUT2D eigenvalue weighted by Crippen LogP contribution is -2.42. The van der Waals surface area contributed by atoms with Gasteiger partial charge in [0.15, 0.2) is 11.5 Å². The second kappa shape index (κ2) is 11.2. The molecule has 0 bridgehead atoms. The van der Waals surface area contributed by atoms with E-state index in [0.29, 0.717) is 35.8 Å². The van der Waals surface area contributed by atoms with Crippen LogP contribution in [0.15, 0.2) is 60.7 Å². The molecule has 0 fully saturated rings. The molecule has 1 aliphatic rings. The molecule has 4 rings (SSSR count). The molecule has 0 spiro atoms. The smallest absolute Gasteiger partial charge is 0.254 e. The second-order valence-corrected chi connectivity index (χ2v) is 8.85. The molecular weight excluding hydrogens is 458 g/mol. The van der Waals surface area contributed by atoms with Crippen LogP contribution in [0.3, 0.4) is 0 Å². The molecular formula is C29H33NO6. The fourth-order valence-electron chi connectivity index (χ4n) is 4.41. The summed E-state index contributed by atoms with van der Waals surface area (Å²) in [6.45, 7) is 4.79. The molecule has 0 saturated heterocycles. The van der Waals surface area contributed by atoms with Crippen LogP contribution in [-0.4, -0.2) is 51.4 Å². The molecule has 1 amide bonds. The van der Waals surface area contributed by atoms with E-state index in [2.05, 4.69) is 0 Å². The highest BCUT2D eigenvalue weighted by Crippen LogP contribution is 2.39. The minimum Gasteiger partial charge on any atom is -0.497 e. The molecule has 0 aliphatic carbocycles. The molecule has 3 aromatic carbocycles. The Hall–Kier alpha value is -3.87. The van der Waals surface area contributed by atoms with Gasteiger partial charge in [0.1, 0.15) is 23.9 Å². The van der Waals surface area contributed by atoms with E-state index in [9.17, 15) is 4.79 Å². The summed E-state index contributed by atoms with van der Waals surface area (Å²) in [6, 6.07) is 18.3. The Morgan fingerprint density at radius 2 is 1.47 bits per heavy atom. The van der Waals surface area contributed by atoms with Crippen molar-refractivity contribution < 1.29 is 28.5 Å². The van der Waals surface area contributed by atoms with Gasteiger partial charge in [-0.2, -0.15) is 0 Å². The molecule has 1 aliphatic heterocycles. The van der Waals surface area contributed by atoms with Gasteiger partial charge in [-0.1, -0.05) is 0 Å². The Labute approximate surface area is 212 Å². The third-order valence-corrected chi connectivity index (χ3v) is 6.20. The topological polar surface area (TPSA) is 66.5 Å². The molecule has 0 aromatic heterocycles. The van der Waals surface area contributed by atoms with Crippen molar-refractivity contribution in [3.63, 3.8) is 0 Å². The maximum absolute atomic E-state index is 13.7. The Balaban J connectivity index is 1.64. The van der Waals surface area contributed by atoms with Gasteiger partial charge in [0, 0.05) is 12.1 Å². The first kappa shape index (κ1) is 25.2. The monoisotopic (exact) mass is 491 g/mol. The number of hydrogen-bond acceptors (Lipinski definition) is 6. The molecule has 7 nitrogen and oxygen atoms in total. The summed E-state index contributed by atoms with van der Waals surface area (Å²) in [7, 11) is 4.86. The van der Waals surface area contributed by atoms with Gasteiger partial charge in [0.25, 0.3) is 5.91 Å². The van der Waals surface area contributed by atoms with E-state index in [1.165, 1.54) is 0 Å². The van der Waals surface area contributed by atoms with Crippen LogP contribution in [-0.2, 0) is 6.42 Å². The average molecular weight is 492 g/mol. The van der Waals surface area contributed by atoms with Crippen molar-refractivity contribution in [2.75, 3.05) is 34.5 Å². The van der Waals surface area contributed by atoms with E-state index in [0.717, 1.165) is 22.6 Å². The van der Waals surface area contributed by atoms with Gasteiger partial charge in [-0.3, -0.25) is 4.79 Å². The number of methoxy groups -OCH3 is 3. The van der Waals surface area contributed by atoms with Gasteiger partial charge < -0.3 is 28.6 Å². The Morgan fingerprint density at radius 1 is 0.861 bits per heavy atom. The lowest BCUT2D eigenvalue weighted by Gasteiger charge is -2.37. The summed E-state index contributed by atoms with van der Waals surface area (Å²) < 4.78 is 28.2. The standard InChI is InChI=1S/C29H33NO6/c1-19(2)36-24-8-6-20(7-9-24)29(31)30-15-14-21-16-27(33-4)28(34-5)17-25(21)26(30)18-35-23-12-10-22(32-3)11-13-23/h6-13,16-17,19,26H,14-15,18H2,1-5H3/t26-/m1/s1. The summed E-state index contributed by atoms with van der Waals surface area (Å²) in [4.78, 5) is 15.6. The first-order valence-corrected chi connectivity index (χ1v) is 12.0. The van der Waals surface area contributed by atoms with Crippen LogP contribution in [0.5, 0.6) is 28.7 Å². The van der Waals surface area contributed by atoms with Gasteiger partial charge in [0.05, 0.1) is 33.5 Å². The molecule has 0 radical (unpaired) electrons. The number of benzene rings is 3. The maximum Gasteiger partial charge on any atom is 0.254 e. The number of hydrogen-bond donors (Lipinski definition) is 0. The molecule has 0 N–H and O–H groups in total. The first-order valence-electron chi connectivity index (χ1n) is 12.0. The van der Waals surface area contributed by atoms with Crippen LogP contribution in [0.4, 0.5) is 0 Å². The molecule has 7 heteroatoms. The highest BCUT2D eigenvalue weighted by molar-refractivity contribution is 5.95. The van der Waals surface area contributed by atoms with E-state index in [-0.39, 0.29) is 24.7 Å². The minimum atomic E-state index is -0.310. The summed E-state index contributed by atoms with van der Waals surface area (Å²) in [6.07, 6.45) is 0.770.